The summed E-state index contributed by atoms with van der Waals surface area (Å²) in [5.41, 5.74) is 1.51. The summed E-state index contributed by atoms with van der Waals surface area (Å²) in [7, 11) is 0. The van der Waals surface area contributed by atoms with Crippen LogP contribution in [0.3, 0.4) is 0 Å². The smallest absolute Gasteiger partial charge is 0.228 e. The van der Waals surface area contributed by atoms with Gasteiger partial charge in [0.2, 0.25) is 18.2 Å². The van der Waals surface area contributed by atoms with Crippen LogP contribution in [0.2, 0.25) is 5.02 Å². The van der Waals surface area contributed by atoms with Crippen LogP contribution in [-0.4, -0.2) is 54.2 Å². The first-order valence-electron chi connectivity index (χ1n) is 8.05. The van der Waals surface area contributed by atoms with Gasteiger partial charge in [0, 0.05) is 36.9 Å². The Kier molecular flexibility index (Phi) is 4.76. The van der Waals surface area contributed by atoms with Crippen molar-refractivity contribution in [3.05, 3.63) is 28.8 Å². The van der Waals surface area contributed by atoms with Crippen LogP contribution in [0.1, 0.15) is 12.0 Å². The van der Waals surface area contributed by atoms with E-state index in [0.717, 1.165) is 12.0 Å². The van der Waals surface area contributed by atoms with Gasteiger partial charge in [-0.25, -0.2) is 0 Å². The van der Waals surface area contributed by atoms with Crippen molar-refractivity contribution in [2.75, 3.05) is 31.5 Å². The molecule has 2 aliphatic rings. The standard InChI is InChI=1S/C17H20ClN3O3/c1-11-14(18)3-2-4-15(11)19-16(23)12-9-13(12)17(24)21-7-5-20(10-22)6-8-21/h2-4,10,12-13H,5-9H2,1H3,(H,19,23). The molecule has 128 valence electrons. The fourth-order valence-electron chi connectivity index (χ4n) is 3.01. The zero-order chi connectivity index (χ0) is 17.3. The summed E-state index contributed by atoms with van der Waals surface area (Å²) >= 11 is 6.06. The number of carbonyl (C=O) groups excluding carboxylic acids is 3. The number of rotatable bonds is 4. The monoisotopic (exact) mass is 349 g/mol. The topological polar surface area (TPSA) is 69.7 Å². The molecule has 2 atom stereocenters. The molecule has 0 aromatic heterocycles. The molecule has 7 heteroatoms. The van der Waals surface area contributed by atoms with Crippen molar-refractivity contribution in [3.63, 3.8) is 0 Å². The Balaban J connectivity index is 1.55. The van der Waals surface area contributed by atoms with E-state index in [9.17, 15) is 14.4 Å². The van der Waals surface area contributed by atoms with Crippen LogP contribution in [0.4, 0.5) is 5.69 Å². The molecular weight excluding hydrogens is 330 g/mol. The third-order valence-corrected chi connectivity index (χ3v) is 5.15. The molecule has 0 spiro atoms. The normalized spacial score (nSPS) is 22.9. The van der Waals surface area contributed by atoms with E-state index in [2.05, 4.69) is 5.32 Å². The molecule has 1 saturated carbocycles. The number of amides is 3. The maximum absolute atomic E-state index is 12.5. The van der Waals surface area contributed by atoms with Crippen molar-refractivity contribution in [3.8, 4) is 0 Å². The summed E-state index contributed by atoms with van der Waals surface area (Å²) in [4.78, 5) is 38.9. The lowest BCUT2D eigenvalue weighted by Crippen LogP contribution is -2.48. The fourth-order valence-corrected chi connectivity index (χ4v) is 3.18. The molecule has 1 saturated heterocycles. The second kappa shape index (κ2) is 6.81. The lowest BCUT2D eigenvalue weighted by Gasteiger charge is -2.32. The van der Waals surface area contributed by atoms with E-state index in [1.165, 1.54) is 0 Å². The zero-order valence-electron chi connectivity index (χ0n) is 13.5. The molecule has 1 aliphatic carbocycles. The number of benzene rings is 1. The molecule has 6 nitrogen and oxygen atoms in total. The zero-order valence-corrected chi connectivity index (χ0v) is 14.3. The lowest BCUT2D eigenvalue weighted by atomic mass is 10.2. The van der Waals surface area contributed by atoms with E-state index in [0.29, 0.717) is 43.3 Å². The highest BCUT2D eigenvalue weighted by Gasteiger charge is 2.49. The van der Waals surface area contributed by atoms with E-state index in [1.54, 1.807) is 28.0 Å². The highest BCUT2D eigenvalue weighted by molar-refractivity contribution is 6.31. The molecule has 3 rings (SSSR count). The third kappa shape index (κ3) is 3.38. The number of nitrogens with one attached hydrogen (secondary N) is 1. The molecule has 0 bridgehead atoms. The number of anilines is 1. The SMILES string of the molecule is Cc1c(Cl)cccc1NC(=O)C1CC1C(=O)N1CCN(C=O)CC1. The van der Waals surface area contributed by atoms with Crippen molar-refractivity contribution in [1.82, 2.24) is 9.80 Å². The van der Waals surface area contributed by atoms with Crippen LogP contribution < -0.4 is 5.32 Å². The number of hydrogen-bond acceptors (Lipinski definition) is 3. The number of carbonyl (C=O) groups is 3. The van der Waals surface area contributed by atoms with E-state index in [1.807, 2.05) is 6.92 Å². The molecule has 0 radical (unpaired) electrons. The van der Waals surface area contributed by atoms with Gasteiger partial charge in [-0.05, 0) is 31.0 Å². The predicted molar refractivity (Wildman–Crippen MR) is 90.6 cm³/mol. The van der Waals surface area contributed by atoms with Crippen LogP contribution in [-0.2, 0) is 14.4 Å². The number of piperazine rings is 1. The molecule has 2 fully saturated rings. The summed E-state index contributed by atoms with van der Waals surface area (Å²) in [5.74, 6) is -0.638. The Hall–Kier alpha value is -2.08. The number of halogens is 1. The third-order valence-electron chi connectivity index (χ3n) is 4.74. The molecule has 1 aliphatic heterocycles. The first-order valence-corrected chi connectivity index (χ1v) is 8.43. The summed E-state index contributed by atoms with van der Waals surface area (Å²) in [6.45, 7) is 4.03. The molecule has 3 amide bonds. The van der Waals surface area contributed by atoms with Crippen molar-refractivity contribution in [2.24, 2.45) is 11.8 Å². The van der Waals surface area contributed by atoms with Crippen LogP contribution in [0, 0.1) is 18.8 Å². The van der Waals surface area contributed by atoms with Crippen molar-refractivity contribution < 1.29 is 14.4 Å². The first kappa shape index (κ1) is 16.8. The van der Waals surface area contributed by atoms with Gasteiger partial charge in [0.25, 0.3) is 0 Å². The number of hydrogen-bond donors (Lipinski definition) is 1. The molecule has 2 unspecified atom stereocenters. The maximum atomic E-state index is 12.5. The van der Waals surface area contributed by atoms with Crippen LogP contribution in [0.25, 0.3) is 0 Å². The van der Waals surface area contributed by atoms with Gasteiger partial charge < -0.3 is 15.1 Å². The minimum absolute atomic E-state index is 0.0171. The Bertz CT molecular complexity index is 671. The maximum Gasteiger partial charge on any atom is 0.228 e. The minimum atomic E-state index is -0.278. The van der Waals surface area contributed by atoms with Gasteiger partial charge in [-0.2, -0.15) is 0 Å². The quantitative estimate of drug-likeness (QED) is 0.838. The Labute approximate surface area is 145 Å². The molecule has 1 aromatic rings. The highest BCUT2D eigenvalue weighted by Crippen LogP contribution is 2.41. The summed E-state index contributed by atoms with van der Waals surface area (Å²) in [5, 5.41) is 3.47. The fraction of sp³-hybridized carbons (Fsp3) is 0.471. The molecular formula is C17H20ClN3O3. The average molecular weight is 350 g/mol. The predicted octanol–water partition coefficient (Wildman–Crippen LogP) is 1.52. The van der Waals surface area contributed by atoms with E-state index >= 15 is 0 Å². The first-order chi connectivity index (χ1) is 11.5. The molecule has 1 N–H and O–H groups in total. The van der Waals surface area contributed by atoms with Gasteiger partial charge >= 0.3 is 0 Å². The van der Waals surface area contributed by atoms with Crippen LogP contribution in [0.15, 0.2) is 18.2 Å². The molecule has 1 aromatic carbocycles. The van der Waals surface area contributed by atoms with Gasteiger partial charge in [-0.15, -0.1) is 0 Å². The van der Waals surface area contributed by atoms with Crippen molar-refractivity contribution in [2.45, 2.75) is 13.3 Å². The molecule has 1 heterocycles. The van der Waals surface area contributed by atoms with E-state index in [-0.39, 0.29) is 23.7 Å². The Morgan fingerprint density at radius 3 is 2.58 bits per heavy atom. The lowest BCUT2D eigenvalue weighted by molar-refractivity contribution is -0.137. The Morgan fingerprint density at radius 1 is 1.21 bits per heavy atom. The largest absolute Gasteiger partial charge is 0.342 e. The Morgan fingerprint density at radius 2 is 1.92 bits per heavy atom. The summed E-state index contributed by atoms with van der Waals surface area (Å²) in [6.07, 6.45) is 1.39. The second-order valence-electron chi connectivity index (χ2n) is 6.32. The summed E-state index contributed by atoms with van der Waals surface area (Å²) in [6, 6.07) is 5.36. The van der Waals surface area contributed by atoms with Gasteiger partial charge in [0.05, 0.1) is 11.8 Å². The van der Waals surface area contributed by atoms with Gasteiger partial charge in [0.1, 0.15) is 0 Å². The van der Waals surface area contributed by atoms with Gasteiger partial charge in [-0.1, -0.05) is 17.7 Å². The van der Waals surface area contributed by atoms with Gasteiger partial charge in [-0.3, -0.25) is 14.4 Å². The van der Waals surface area contributed by atoms with E-state index < -0.39 is 0 Å². The van der Waals surface area contributed by atoms with Crippen LogP contribution in [0.5, 0.6) is 0 Å². The highest BCUT2D eigenvalue weighted by atomic mass is 35.5. The second-order valence-corrected chi connectivity index (χ2v) is 6.72. The minimum Gasteiger partial charge on any atom is -0.342 e. The summed E-state index contributed by atoms with van der Waals surface area (Å²) < 4.78 is 0. The van der Waals surface area contributed by atoms with Crippen molar-refractivity contribution >= 4 is 35.5 Å². The molecule has 24 heavy (non-hydrogen) atoms. The van der Waals surface area contributed by atoms with E-state index in [4.69, 9.17) is 11.6 Å². The van der Waals surface area contributed by atoms with Gasteiger partial charge in [0.15, 0.2) is 0 Å². The van der Waals surface area contributed by atoms with Crippen molar-refractivity contribution in [1.29, 1.82) is 0 Å². The van der Waals surface area contributed by atoms with Crippen LogP contribution >= 0.6 is 11.6 Å². The number of nitrogens with zero attached hydrogens (tertiary/aromatic N) is 2. The average Bonchev–Trinajstić information content (AvgIpc) is 3.39.